The first-order valence-corrected chi connectivity index (χ1v) is 4.21. The molecular weight excluding hydrogens is 174 g/mol. The molecule has 0 aromatic carbocycles. The Morgan fingerprint density at radius 1 is 1.15 bits per heavy atom. The van der Waals surface area contributed by atoms with Gasteiger partial charge in [-0.1, -0.05) is 0 Å². The quantitative estimate of drug-likeness (QED) is 0.314. The van der Waals surface area contributed by atoms with E-state index in [-0.39, 0.29) is 4.97 Å². The smallest absolute Gasteiger partial charge is 0.0779 e. The summed E-state index contributed by atoms with van der Waals surface area (Å²) in [4.78, 5) is 0.0469. The molecule has 0 aromatic heterocycles. The molecule has 0 fully saturated rings. The zero-order chi connectivity index (χ0) is 10.1. The van der Waals surface area contributed by atoms with Crippen molar-refractivity contribution in [3.8, 4) is 0 Å². The molecule has 4 N–H and O–H groups in total. The summed E-state index contributed by atoms with van der Waals surface area (Å²) in [5.74, 6) is 0. The molecule has 0 unspecified atom stereocenters. The van der Waals surface area contributed by atoms with E-state index in [2.05, 4.69) is 5.28 Å². The third-order valence-corrected chi connectivity index (χ3v) is 1.55. The third-order valence-electron chi connectivity index (χ3n) is 1.55. The second kappa shape index (κ2) is 7.56. The molecule has 7 nitrogen and oxygen atoms in total. The van der Waals surface area contributed by atoms with Crippen molar-refractivity contribution < 1.29 is 4.97 Å². The highest BCUT2D eigenvalue weighted by Crippen LogP contribution is 1.94. The Morgan fingerprint density at radius 2 is 1.62 bits per heavy atom. The van der Waals surface area contributed by atoms with Crippen molar-refractivity contribution in [2.45, 2.75) is 12.8 Å². The molecule has 0 radical (unpaired) electrons. The first kappa shape index (κ1) is 11.9. The van der Waals surface area contributed by atoms with Gasteiger partial charge in [-0.15, -0.1) is 5.01 Å². The normalized spacial score (nSPS) is 11.7. The first-order valence-electron chi connectivity index (χ1n) is 4.21. The molecule has 0 saturated carbocycles. The maximum absolute atomic E-state index is 10.8. The predicted octanol–water partition coefficient (Wildman–Crippen LogP) is -0.639. The number of hydrogen-bond acceptors (Lipinski definition) is 5. The predicted molar refractivity (Wildman–Crippen MR) is 48.3 cm³/mol. The molecule has 7 heteroatoms. The van der Waals surface area contributed by atoms with Crippen LogP contribution in [0.3, 0.4) is 0 Å². The second-order valence-electron chi connectivity index (χ2n) is 2.57. The molecule has 0 spiro atoms. The van der Waals surface area contributed by atoms with Crippen molar-refractivity contribution in [3.05, 3.63) is 10.4 Å². The van der Waals surface area contributed by atoms with Gasteiger partial charge < -0.3 is 21.9 Å². The van der Waals surface area contributed by atoms with Crippen molar-refractivity contribution in [3.63, 3.8) is 0 Å². The molecule has 0 bridgehead atoms. The van der Waals surface area contributed by atoms with Gasteiger partial charge in [0.1, 0.15) is 0 Å². The number of nitrogens with two attached hydrogens (primary N) is 2. The largest absolute Gasteiger partial charge is 0.737 e. The van der Waals surface area contributed by atoms with Crippen LogP contribution in [0.5, 0.6) is 0 Å². The lowest BCUT2D eigenvalue weighted by Gasteiger charge is -2.18. The Balaban J connectivity index is 3.87. The fraction of sp³-hybridized carbons (Fsp3) is 1.00. The second-order valence-corrected chi connectivity index (χ2v) is 2.57. The van der Waals surface area contributed by atoms with E-state index < -0.39 is 0 Å². The van der Waals surface area contributed by atoms with E-state index in [9.17, 15) is 10.4 Å². The summed E-state index contributed by atoms with van der Waals surface area (Å²) < 4.78 is 0. The summed E-state index contributed by atoms with van der Waals surface area (Å²) in [6, 6.07) is 0. The minimum Gasteiger partial charge on any atom is -0.737 e. The standard InChI is InChI=1S/C6H17N5O2/c7-3-1-5-10(6-2-4-8)11(13)9-12/h12H,1-8H2/p-1/b11-9-. The van der Waals surface area contributed by atoms with E-state index in [0.717, 1.165) is 0 Å². The molecule has 0 aliphatic rings. The maximum Gasteiger partial charge on any atom is 0.0779 e. The van der Waals surface area contributed by atoms with Crippen LogP contribution in [0.25, 0.3) is 0 Å². The van der Waals surface area contributed by atoms with Gasteiger partial charge >= 0.3 is 0 Å². The Hall–Kier alpha value is -1.08. The average Bonchev–Trinajstić information content (AvgIpc) is 2.17. The molecule has 0 amide bonds. The van der Waals surface area contributed by atoms with Crippen LogP contribution in [0, 0.1) is 10.4 Å². The van der Waals surface area contributed by atoms with Gasteiger partial charge in [0, 0.05) is 4.97 Å². The number of hydrogen-bond donors (Lipinski definition) is 2. The zero-order valence-electron chi connectivity index (χ0n) is 7.56. The van der Waals surface area contributed by atoms with Gasteiger partial charge in [-0.2, -0.15) is 0 Å². The molecule has 0 atom stereocenters. The highest BCUT2D eigenvalue weighted by atomic mass is 16.6. The molecule has 13 heavy (non-hydrogen) atoms. The molecule has 0 heterocycles. The molecule has 0 aliphatic heterocycles. The lowest BCUT2D eigenvalue weighted by atomic mass is 10.4. The van der Waals surface area contributed by atoms with E-state index in [4.69, 9.17) is 11.5 Å². The Kier molecular flexibility index (Phi) is 6.93. The van der Waals surface area contributed by atoms with Gasteiger partial charge in [0.2, 0.25) is 0 Å². The van der Waals surface area contributed by atoms with Gasteiger partial charge in [-0.25, -0.2) is 0 Å². The summed E-state index contributed by atoms with van der Waals surface area (Å²) in [5.41, 5.74) is 10.5. The maximum atomic E-state index is 10.8. The van der Waals surface area contributed by atoms with Crippen LogP contribution < -0.4 is 11.5 Å². The molecule has 0 saturated heterocycles. The van der Waals surface area contributed by atoms with Crippen molar-refractivity contribution >= 4 is 0 Å². The van der Waals surface area contributed by atoms with Crippen molar-refractivity contribution in [1.82, 2.24) is 5.01 Å². The van der Waals surface area contributed by atoms with Crippen LogP contribution in [0.2, 0.25) is 0 Å². The molecule has 0 aromatic rings. The lowest BCUT2D eigenvalue weighted by Crippen LogP contribution is -2.34. The highest BCUT2D eigenvalue weighted by molar-refractivity contribution is 4.48. The van der Waals surface area contributed by atoms with E-state index in [1.54, 1.807) is 0 Å². The van der Waals surface area contributed by atoms with Crippen molar-refractivity contribution in [1.29, 1.82) is 0 Å². The van der Waals surface area contributed by atoms with Crippen LogP contribution in [-0.2, 0) is 0 Å². The van der Waals surface area contributed by atoms with Gasteiger partial charge in [-0.05, 0) is 31.2 Å². The van der Waals surface area contributed by atoms with Crippen molar-refractivity contribution in [2.75, 3.05) is 26.2 Å². The molecular formula is C6H16N5O2-. The topological polar surface area (TPSA) is 117 Å². The van der Waals surface area contributed by atoms with Crippen molar-refractivity contribution in [2.24, 2.45) is 16.7 Å². The monoisotopic (exact) mass is 190 g/mol. The van der Waals surface area contributed by atoms with E-state index in [1.807, 2.05) is 0 Å². The number of hydrazine groups is 1. The van der Waals surface area contributed by atoms with E-state index in [0.29, 0.717) is 39.0 Å². The Labute approximate surface area is 77.1 Å². The SMILES string of the molecule is NCCCN(CCCN)/[N+]([O-])=N/[O-]. The van der Waals surface area contributed by atoms with Gasteiger partial charge in [0.15, 0.2) is 0 Å². The summed E-state index contributed by atoms with van der Waals surface area (Å²) in [5, 5.41) is 24.3. The van der Waals surface area contributed by atoms with Gasteiger partial charge in [0.25, 0.3) is 0 Å². The Bertz CT molecular complexity index is 144. The summed E-state index contributed by atoms with van der Waals surface area (Å²) in [7, 11) is 0. The fourth-order valence-corrected chi connectivity index (χ4v) is 0.882. The third kappa shape index (κ3) is 5.21. The van der Waals surface area contributed by atoms with Gasteiger partial charge in [-0.3, -0.25) is 0 Å². The lowest BCUT2D eigenvalue weighted by molar-refractivity contribution is -0.690. The van der Waals surface area contributed by atoms with Crippen LogP contribution >= 0.6 is 0 Å². The van der Waals surface area contributed by atoms with Crippen LogP contribution in [-0.4, -0.2) is 36.2 Å². The average molecular weight is 190 g/mol. The minimum absolute atomic E-state index is 0.0469. The summed E-state index contributed by atoms with van der Waals surface area (Å²) >= 11 is 0. The highest BCUT2D eigenvalue weighted by Gasteiger charge is 2.08. The Morgan fingerprint density at radius 3 is 1.92 bits per heavy atom. The van der Waals surface area contributed by atoms with Crippen LogP contribution in [0.4, 0.5) is 0 Å². The number of nitrogens with zero attached hydrogens (tertiary/aromatic N) is 3. The summed E-state index contributed by atoms with van der Waals surface area (Å²) in [6.07, 6.45) is 1.30. The minimum atomic E-state index is 0.0469. The fourth-order valence-electron chi connectivity index (χ4n) is 0.882. The van der Waals surface area contributed by atoms with Crippen LogP contribution in [0.15, 0.2) is 5.28 Å². The molecule has 0 aliphatic carbocycles. The van der Waals surface area contributed by atoms with E-state index >= 15 is 0 Å². The molecule has 78 valence electrons. The summed E-state index contributed by atoms with van der Waals surface area (Å²) in [6.45, 7) is 1.83. The van der Waals surface area contributed by atoms with Crippen LogP contribution in [0.1, 0.15) is 12.8 Å². The van der Waals surface area contributed by atoms with Gasteiger partial charge in [0.05, 0.1) is 13.1 Å². The molecule has 0 rings (SSSR count). The first-order chi connectivity index (χ1) is 6.26. The number of rotatable bonds is 7. The van der Waals surface area contributed by atoms with E-state index in [1.165, 1.54) is 5.01 Å². The zero-order valence-corrected chi connectivity index (χ0v) is 7.56.